The van der Waals surface area contributed by atoms with E-state index in [1.165, 1.54) is 11.3 Å². The van der Waals surface area contributed by atoms with Gasteiger partial charge in [0, 0.05) is 0 Å². The van der Waals surface area contributed by atoms with Gasteiger partial charge >= 0.3 is 6.03 Å². The first-order chi connectivity index (χ1) is 9.19. The number of carbonyl (C=O) groups is 1. The van der Waals surface area contributed by atoms with Crippen LogP contribution in [0.1, 0.15) is 6.92 Å². The van der Waals surface area contributed by atoms with E-state index in [0.717, 1.165) is 3.79 Å². The molecular weight excluding hydrogens is 330 g/mol. The summed E-state index contributed by atoms with van der Waals surface area (Å²) in [5.74, 6) is 0.639. The quantitative estimate of drug-likeness (QED) is 0.884. The molecule has 5 nitrogen and oxygen atoms in total. The van der Waals surface area contributed by atoms with Crippen LogP contribution in [0.4, 0.5) is 15.6 Å². The number of rotatable bonds is 4. The van der Waals surface area contributed by atoms with E-state index in [-0.39, 0.29) is 6.03 Å². The number of ether oxygens (including phenoxy) is 1. The minimum Gasteiger partial charge on any atom is -0.492 e. The van der Waals surface area contributed by atoms with Gasteiger partial charge in [-0.3, -0.25) is 5.32 Å². The van der Waals surface area contributed by atoms with Gasteiger partial charge in [-0.15, -0.1) is 0 Å². The second-order valence-electron chi connectivity index (χ2n) is 3.48. The molecule has 0 aliphatic heterocycles. The van der Waals surface area contributed by atoms with E-state index in [9.17, 15) is 4.79 Å². The minimum absolute atomic E-state index is 0.353. The molecule has 0 unspecified atom stereocenters. The maximum Gasteiger partial charge on any atom is 0.325 e. The molecule has 0 saturated heterocycles. The van der Waals surface area contributed by atoms with Gasteiger partial charge in [0.25, 0.3) is 0 Å². The molecule has 2 rings (SSSR count). The Morgan fingerprint density at radius 1 is 1.42 bits per heavy atom. The van der Waals surface area contributed by atoms with Gasteiger partial charge in [-0.05, 0) is 35.0 Å². The fraction of sp³-hybridized carbons (Fsp3) is 0.167. The van der Waals surface area contributed by atoms with Gasteiger partial charge in [-0.1, -0.05) is 23.5 Å². The van der Waals surface area contributed by atoms with Crippen LogP contribution in [0.3, 0.4) is 0 Å². The van der Waals surface area contributed by atoms with Gasteiger partial charge in [0.15, 0.2) is 5.13 Å². The Morgan fingerprint density at radius 3 is 2.89 bits per heavy atom. The molecule has 0 spiro atoms. The van der Waals surface area contributed by atoms with E-state index in [4.69, 9.17) is 4.74 Å². The van der Waals surface area contributed by atoms with E-state index in [1.54, 1.807) is 18.3 Å². The first-order valence-corrected chi connectivity index (χ1v) is 7.21. The topological polar surface area (TPSA) is 63.2 Å². The van der Waals surface area contributed by atoms with Crippen molar-refractivity contribution in [2.24, 2.45) is 0 Å². The number of aromatic nitrogens is 1. The average molecular weight is 342 g/mol. The number of carbonyl (C=O) groups excluding carboxylic acids is 1. The van der Waals surface area contributed by atoms with Crippen molar-refractivity contribution in [3.63, 3.8) is 0 Å². The van der Waals surface area contributed by atoms with E-state index >= 15 is 0 Å². The van der Waals surface area contributed by atoms with Crippen LogP contribution < -0.4 is 15.4 Å². The molecule has 0 atom stereocenters. The molecule has 7 heteroatoms. The third kappa shape index (κ3) is 3.93. The fourth-order valence-electron chi connectivity index (χ4n) is 1.41. The third-order valence-corrected chi connectivity index (χ3v) is 3.52. The number of hydrogen-bond acceptors (Lipinski definition) is 4. The number of halogens is 1. The molecule has 0 fully saturated rings. The van der Waals surface area contributed by atoms with Crippen molar-refractivity contribution in [1.82, 2.24) is 4.98 Å². The number of nitrogens with one attached hydrogen (secondary N) is 2. The monoisotopic (exact) mass is 341 g/mol. The Morgan fingerprint density at radius 2 is 2.21 bits per heavy atom. The number of anilines is 2. The molecular formula is C12H12BrN3O2S. The molecule has 100 valence electrons. The Balaban J connectivity index is 2.02. The largest absolute Gasteiger partial charge is 0.492 e. The lowest BCUT2D eigenvalue weighted by Gasteiger charge is -2.10. The van der Waals surface area contributed by atoms with Crippen LogP contribution in [0.5, 0.6) is 5.75 Å². The molecule has 2 aromatic rings. The summed E-state index contributed by atoms with van der Waals surface area (Å²) in [7, 11) is 0. The maximum atomic E-state index is 11.8. The van der Waals surface area contributed by atoms with E-state index in [1.807, 2.05) is 19.1 Å². The van der Waals surface area contributed by atoms with E-state index in [2.05, 4.69) is 31.5 Å². The molecule has 2 N–H and O–H groups in total. The second kappa shape index (κ2) is 6.53. The number of hydrogen-bond donors (Lipinski definition) is 2. The van der Waals surface area contributed by atoms with Crippen molar-refractivity contribution in [3.05, 3.63) is 34.2 Å². The molecule has 1 aromatic carbocycles. The number of para-hydroxylation sites is 2. The third-order valence-electron chi connectivity index (χ3n) is 2.13. The van der Waals surface area contributed by atoms with Gasteiger partial charge in [0.1, 0.15) is 5.75 Å². The molecule has 19 heavy (non-hydrogen) atoms. The average Bonchev–Trinajstić information content (AvgIpc) is 2.77. The Hall–Kier alpha value is -1.60. The molecule has 0 aliphatic carbocycles. The zero-order valence-corrected chi connectivity index (χ0v) is 12.5. The number of thiazole rings is 1. The van der Waals surface area contributed by atoms with Crippen LogP contribution >= 0.6 is 27.3 Å². The highest BCUT2D eigenvalue weighted by atomic mass is 79.9. The van der Waals surface area contributed by atoms with E-state index < -0.39 is 0 Å². The van der Waals surface area contributed by atoms with Crippen LogP contribution in [0, 0.1) is 0 Å². The maximum absolute atomic E-state index is 11.8. The van der Waals surface area contributed by atoms with Gasteiger partial charge < -0.3 is 10.1 Å². The first kappa shape index (κ1) is 13.8. The van der Waals surface area contributed by atoms with Gasteiger partial charge in [0.2, 0.25) is 0 Å². The van der Waals surface area contributed by atoms with Crippen molar-refractivity contribution in [2.45, 2.75) is 6.92 Å². The van der Waals surface area contributed by atoms with Crippen molar-refractivity contribution < 1.29 is 9.53 Å². The summed E-state index contributed by atoms with van der Waals surface area (Å²) in [6.07, 6.45) is 1.63. The van der Waals surface area contributed by atoms with Crippen molar-refractivity contribution >= 4 is 44.1 Å². The highest BCUT2D eigenvalue weighted by Crippen LogP contribution is 2.25. The number of amides is 2. The smallest absolute Gasteiger partial charge is 0.325 e. The minimum atomic E-state index is -0.353. The van der Waals surface area contributed by atoms with Crippen LogP contribution in [-0.4, -0.2) is 17.6 Å². The molecule has 0 aliphatic rings. The SMILES string of the molecule is CCOc1ccccc1NC(=O)Nc1ncc(Br)s1. The van der Waals surface area contributed by atoms with Crippen LogP contribution in [0.25, 0.3) is 0 Å². The normalized spacial score (nSPS) is 10.0. The predicted octanol–water partition coefficient (Wildman–Crippen LogP) is 3.95. The predicted molar refractivity (Wildman–Crippen MR) is 80.1 cm³/mol. The van der Waals surface area contributed by atoms with Crippen molar-refractivity contribution in [3.8, 4) is 5.75 Å². The van der Waals surface area contributed by atoms with E-state index in [0.29, 0.717) is 23.2 Å². The van der Waals surface area contributed by atoms with Crippen LogP contribution in [0.15, 0.2) is 34.2 Å². The lowest BCUT2D eigenvalue weighted by molar-refractivity contribution is 0.262. The lowest BCUT2D eigenvalue weighted by atomic mass is 10.3. The summed E-state index contributed by atoms with van der Waals surface area (Å²) < 4.78 is 6.29. The summed E-state index contributed by atoms with van der Waals surface area (Å²) in [6, 6.07) is 6.92. The molecule has 0 radical (unpaired) electrons. The van der Waals surface area contributed by atoms with Gasteiger partial charge in [-0.2, -0.15) is 0 Å². The summed E-state index contributed by atoms with van der Waals surface area (Å²) in [6.45, 7) is 2.43. The second-order valence-corrected chi connectivity index (χ2v) is 5.89. The van der Waals surface area contributed by atoms with Crippen molar-refractivity contribution in [1.29, 1.82) is 0 Å². The highest BCUT2D eigenvalue weighted by Gasteiger charge is 2.09. The Kier molecular flexibility index (Phi) is 4.75. The standard InChI is InChI=1S/C12H12BrN3O2S/c1-2-18-9-6-4-3-5-8(9)15-11(17)16-12-14-7-10(13)19-12/h3-7H,2H2,1H3,(H2,14,15,16,17). The van der Waals surface area contributed by atoms with Crippen LogP contribution in [0.2, 0.25) is 0 Å². The Bertz CT molecular complexity index is 574. The number of urea groups is 1. The zero-order valence-electron chi connectivity index (χ0n) is 10.1. The summed E-state index contributed by atoms with van der Waals surface area (Å²) in [5, 5.41) is 5.91. The molecule has 0 saturated carbocycles. The number of benzene rings is 1. The van der Waals surface area contributed by atoms with Crippen molar-refractivity contribution in [2.75, 3.05) is 17.2 Å². The summed E-state index contributed by atoms with van der Waals surface area (Å²) in [5.41, 5.74) is 0.623. The lowest BCUT2D eigenvalue weighted by Crippen LogP contribution is -2.19. The Labute approximate surface area is 123 Å². The summed E-state index contributed by atoms with van der Waals surface area (Å²) >= 11 is 4.63. The fourth-order valence-corrected chi connectivity index (χ4v) is 2.52. The number of nitrogens with zero attached hydrogens (tertiary/aromatic N) is 1. The van der Waals surface area contributed by atoms with Crippen LogP contribution in [-0.2, 0) is 0 Å². The molecule has 1 heterocycles. The zero-order chi connectivity index (χ0) is 13.7. The molecule has 0 bridgehead atoms. The first-order valence-electron chi connectivity index (χ1n) is 5.60. The highest BCUT2D eigenvalue weighted by molar-refractivity contribution is 9.11. The van der Waals surface area contributed by atoms with Gasteiger partial charge in [0.05, 0.1) is 22.3 Å². The molecule has 2 amide bonds. The molecule has 1 aromatic heterocycles. The summed E-state index contributed by atoms with van der Waals surface area (Å²) in [4.78, 5) is 15.8. The van der Waals surface area contributed by atoms with Gasteiger partial charge in [-0.25, -0.2) is 9.78 Å².